The van der Waals surface area contributed by atoms with Crippen LogP contribution >= 0.6 is 0 Å². The second-order valence-electron chi connectivity index (χ2n) is 5.11. The summed E-state index contributed by atoms with van der Waals surface area (Å²) in [6.45, 7) is 9.30. The van der Waals surface area contributed by atoms with Gasteiger partial charge in [-0.05, 0) is 31.1 Å². The third-order valence-corrected chi connectivity index (χ3v) is 3.68. The van der Waals surface area contributed by atoms with Gasteiger partial charge in [0, 0.05) is 0 Å². The van der Waals surface area contributed by atoms with Crippen LogP contribution < -0.4 is 0 Å². The van der Waals surface area contributed by atoms with E-state index >= 15 is 0 Å². The van der Waals surface area contributed by atoms with Crippen molar-refractivity contribution in [1.82, 2.24) is 0 Å². The molecule has 1 radical (unpaired) electrons. The molecule has 0 bridgehead atoms. The molecule has 0 aliphatic heterocycles. The SMILES string of the molecule is CCCC[C](CCCC)C(CC)CCCC. The zero-order valence-corrected chi connectivity index (χ0v) is 12.1. The van der Waals surface area contributed by atoms with Gasteiger partial charge in [-0.1, -0.05) is 72.6 Å². The van der Waals surface area contributed by atoms with Crippen LogP contribution in [0.3, 0.4) is 0 Å². The number of unbranched alkanes of at least 4 members (excludes halogenated alkanes) is 3. The van der Waals surface area contributed by atoms with Gasteiger partial charge in [0.15, 0.2) is 0 Å². The average molecular weight is 225 g/mol. The van der Waals surface area contributed by atoms with E-state index in [1.54, 1.807) is 0 Å². The second-order valence-corrected chi connectivity index (χ2v) is 5.11. The lowest BCUT2D eigenvalue weighted by atomic mass is 9.80. The van der Waals surface area contributed by atoms with Crippen molar-refractivity contribution in [2.24, 2.45) is 5.92 Å². The maximum atomic E-state index is 2.37. The summed E-state index contributed by atoms with van der Waals surface area (Å²) in [7, 11) is 0. The van der Waals surface area contributed by atoms with E-state index in [9.17, 15) is 0 Å². The first-order valence-corrected chi connectivity index (χ1v) is 7.64. The molecule has 0 fully saturated rings. The molecule has 0 rings (SSSR count). The van der Waals surface area contributed by atoms with Crippen molar-refractivity contribution in [1.29, 1.82) is 0 Å². The predicted octanol–water partition coefficient (Wildman–Crippen LogP) is 6.16. The highest BCUT2D eigenvalue weighted by Crippen LogP contribution is 2.32. The van der Waals surface area contributed by atoms with Crippen molar-refractivity contribution < 1.29 is 0 Å². The van der Waals surface area contributed by atoms with E-state index in [2.05, 4.69) is 27.7 Å². The molecule has 1 unspecified atom stereocenters. The Balaban J connectivity index is 4.06. The molecule has 0 amide bonds. The fraction of sp³-hybridized carbons (Fsp3) is 0.938. The van der Waals surface area contributed by atoms with E-state index in [4.69, 9.17) is 0 Å². The maximum absolute atomic E-state index is 2.37. The van der Waals surface area contributed by atoms with Crippen molar-refractivity contribution in [2.45, 2.75) is 91.9 Å². The lowest BCUT2D eigenvalue weighted by molar-refractivity contribution is 0.409. The third kappa shape index (κ3) is 7.30. The predicted molar refractivity (Wildman–Crippen MR) is 75.6 cm³/mol. The highest BCUT2D eigenvalue weighted by atomic mass is 14.2. The summed E-state index contributed by atoms with van der Waals surface area (Å²) in [6.07, 6.45) is 13.9. The lowest BCUT2D eigenvalue weighted by Gasteiger charge is -2.25. The van der Waals surface area contributed by atoms with Gasteiger partial charge in [0.2, 0.25) is 0 Å². The minimum atomic E-state index is 0.929. The third-order valence-electron chi connectivity index (χ3n) is 3.68. The van der Waals surface area contributed by atoms with Gasteiger partial charge in [-0.3, -0.25) is 0 Å². The summed E-state index contributed by atoms with van der Waals surface area (Å²) < 4.78 is 0. The molecule has 97 valence electrons. The van der Waals surface area contributed by atoms with E-state index in [-0.39, 0.29) is 0 Å². The topological polar surface area (TPSA) is 0 Å². The molecule has 0 aromatic heterocycles. The Hall–Kier alpha value is 0. The van der Waals surface area contributed by atoms with Gasteiger partial charge in [-0.25, -0.2) is 0 Å². The van der Waals surface area contributed by atoms with Crippen molar-refractivity contribution in [2.75, 3.05) is 0 Å². The molecule has 0 spiro atoms. The van der Waals surface area contributed by atoms with Gasteiger partial charge >= 0.3 is 0 Å². The molecule has 16 heavy (non-hydrogen) atoms. The Morgan fingerprint density at radius 3 is 1.62 bits per heavy atom. The van der Waals surface area contributed by atoms with Crippen LogP contribution in [0.5, 0.6) is 0 Å². The van der Waals surface area contributed by atoms with Crippen molar-refractivity contribution in [3.63, 3.8) is 0 Å². The highest BCUT2D eigenvalue weighted by Gasteiger charge is 2.18. The summed E-state index contributed by atoms with van der Waals surface area (Å²) in [4.78, 5) is 0. The number of hydrogen-bond acceptors (Lipinski definition) is 0. The molecule has 0 saturated carbocycles. The number of rotatable bonds is 11. The number of hydrogen-bond donors (Lipinski definition) is 0. The summed E-state index contributed by atoms with van der Waals surface area (Å²) in [6, 6.07) is 0. The molecule has 0 aliphatic carbocycles. The van der Waals surface area contributed by atoms with Crippen LogP contribution in [0.15, 0.2) is 0 Å². The normalized spacial score (nSPS) is 13.3. The summed E-state index contributed by atoms with van der Waals surface area (Å²) in [5.74, 6) is 2.82. The monoisotopic (exact) mass is 225 g/mol. The molecular weight excluding hydrogens is 192 g/mol. The molecule has 0 aromatic rings. The first-order valence-electron chi connectivity index (χ1n) is 7.64. The second kappa shape index (κ2) is 11.5. The smallest absolute Gasteiger partial charge is 0.0210 e. The molecule has 1 atom stereocenters. The molecule has 0 heterocycles. The van der Waals surface area contributed by atoms with Crippen LogP contribution in [0.1, 0.15) is 91.9 Å². The molecule has 0 N–H and O–H groups in total. The van der Waals surface area contributed by atoms with E-state index in [1.165, 1.54) is 64.2 Å². The van der Waals surface area contributed by atoms with E-state index in [0.29, 0.717) is 0 Å². The molecule has 0 heteroatoms. The van der Waals surface area contributed by atoms with Crippen LogP contribution in [0, 0.1) is 11.8 Å². The van der Waals surface area contributed by atoms with E-state index in [0.717, 1.165) is 5.92 Å². The summed E-state index contributed by atoms with van der Waals surface area (Å²) >= 11 is 0. The van der Waals surface area contributed by atoms with Crippen LogP contribution in [-0.4, -0.2) is 0 Å². The highest BCUT2D eigenvalue weighted by molar-refractivity contribution is 4.95. The summed E-state index contributed by atoms with van der Waals surface area (Å²) in [5.41, 5.74) is 0. The molecule has 0 aliphatic rings. The first-order chi connectivity index (χ1) is 7.79. The van der Waals surface area contributed by atoms with Crippen molar-refractivity contribution in [3.05, 3.63) is 5.92 Å². The van der Waals surface area contributed by atoms with Gasteiger partial charge in [0.05, 0.1) is 0 Å². The maximum Gasteiger partial charge on any atom is -0.0210 e. The largest absolute Gasteiger partial charge is 0.0654 e. The fourth-order valence-electron chi connectivity index (χ4n) is 2.49. The zero-order chi connectivity index (χ0) is 12.2. The van der Waals surface area contributed by atoms with Gasteiger partial charge in [0.25, 0.3) is 0 Å². The fourth-order valence-corrected chi connectivity index (χ4v) is 2.49. The van der Waals surface area contributed by atoms with Crippen molar-refractivity contribution in [3.8, 4) is 0 Å². The average Bonchev–Trinajstić information content (AvgIpc) is 2.32. The molecule has 0 nitrogen and oxygen atoms in total. The Labute approximate surface area is 104 Å². The van der Waals surface area contributed by atoms with Gasteiger partial charge in [-0.15, -0.1) is 0 Å². The standard InChI is InChI=1S/C16H33/c1-5-9-12-15(8-4)16(13-10-6-2)14-11-7-3/h15H,5-14H2,1-4H3. The van der Waals surface area contributed by atoms with E-state index < -0.39 is 0 Å². The van der Waals surface area contributed by atoms with Crippen LogP contribution in [0.25, 0.3) is 0 Å². The van der Waals surface area contributed by atoms with Crippen LogP contribution in [-0.2, 0) is 0 Å². The minimum Gasteiger partial charge on any atom is -0.0654 e. The van der Waals surface area contributed by atoms with E-state index in [1.807, 2.05) is 5.92 Å². The Kier molecular flexibility index (Phi) is 11.5. The van der Waals surface area contributed by atoms with Gasteiger partial charge in [-0.2, -0.15) is 0 Å². The minimum absolute atomic E-state index is 0.929. The molecular formula is C16H33. The quantitative estimate of drug-likeness (QED) is 0.395. The van der Waals surface area contributed by atoms with Crippen LogP contribution in [0.2, 0.25) is 0 Å². The Morgan fingerprint density at radius 1 is 0.750 bits per heavy atom. The first kappa shape index (κ1) is 16.0. The Morgan fingerprint density at radius 2 is 1.25 bits per heavy atom. The molecule has 0 saturated heterocycles. The molecule has 0 aromatic carbocycles. The Bertz CT molecular complexity index is 120. The van der Waals surface area contributed by atoms with Gasteiger partial charge in [0.1, 0.15) is 0 Å². The summed E-state index contributed by atoms with van der Waals surface area (Å²) in [5, 5.41) is 0. The lowest BCUT2D eigenvalue weighted by Crippen LogP contribution is -2.12. The van der Waals surface area contributed by atoms with Crippen LogP contribution in [0.4, 0.5) is 0 Å². The zero-order valence-electron chi connectivity index (χ0n) is 12.1. The van der Waals surface area contributed by atoms with Gasteiger partial charge < -0.3 is 0 Å². The van der Waals surface area contributed by atoms with Crippen molar-refractivity contribution >= 4 is 0 Å².